The summed E-state index contributed by atoms with van der Waals surface area (Å²) in [6.07, 6.45) is 4.11. The minimum atomic E-state index is 0.00279. The molecule has 0 aliphatic carbocycles. The Bertz CT molecular complexity index is 1080. The molecule has 0 saturated carbocycles. The maximum absolute atomic E-state index is 12.6. The molecule has 0 bridgehead atoms. The molecule has 3 nitrogen and oxygen atoms in total. The number of carbonyl (C=O) groups excluding carboxylic acids is 1. The molecule has 136 valence electrons. The molecule has 0 atom stereocenters. The lowest BCUT2D eigenvalue weighted by atomic mass is 10.1. The monoisotopic (exact) mass is 392 g/mol. The molecule has 1 amide bonds. The molecule has 2 aromatic carbocycles. The third-order valence-electron chi connectivity index (χ3n) is 4.73. The molecule has 1 fully saturated rings. The number of carbonyl (C=O) groups is 1. The van der Waals surface area contributed by atoms with Crippen molar-refractivity contribution in [2.45, 2.75) is 20.4 Å². The van der Waals surface area contributed by atoms with Gasteiger partial charge in [0.1, 0.15) is 4.32 Å². The molecule has 4 rings (SSSR count). The summed E-state index contributed by atoms with van der Waals surface area (Å²) in [6.45, 7) is 5.46. The number of hydrogen-bond acceptors (Lipinski definition) is 3. The Balaban J connectivity index is 1.76. The van der Waals surface area contributed by atoms with Crippen LogP contribution in [0.25, 0.3) is 17.0 Å². The van der Waals surface area contributed by atoms with E-state index in [1.807, 2.05) is 19.1 Å². The van der Waals surface area contributed by atoms with Crippen molar-refractivity contribution in [3.05, 3.63) is 76.3 Å². The summed E-state index contributed by atoms with van der Waals surface area (Å²) in [4.78, 5) is 14.9. The third kappa shape index (κ3) is 3.45. The van der Waals surface area contributed by atoms with Crippen LogP contribution in [0.15, 0.2) is 59.6 Å². The Kier molecular flexibility index (Phi) is 4.89. The highest BCUT2D eigenvalue weighted by atomic mass is 32.2. The number of aromatic nitrogens is 1. The van der Waals surface area contributed by atoms with Gasteiger partial charge in [0.2, 0.25) is 0 Å². The maximum atomic E-state index is 12.6. The molecular formula is C22H20N2OS2. The lowest BCUT2D eigenvalue weighted by Crippen LogP contribution is -2.27. The molecular weight excluding hydrogens is 372 g/mol. The normalized spacial score (nSPS) is 16.1. The first-order valence-electron chi connectivity index (χ1n) is 8.95. The van der Waals surface area contributed by atoms with Gasteiger partial charge >= 0.3 is 0 Å². The fourth-order valence-electron chi connectivity index (χ4n) is 3.44. The van der Waals surface area contributed by atoms with Gasteiger partial charge in [-0.2, -0.15) is 0 Å². The van der Waals surface area contributed by atoms with Gasteiger partial charge in [-0.05, 0) is 31.6 Å². The Morgan fingerprint density at radius 3 is 2.70 bits per heavy atom. The molecule has 1 aliphatic rings. The number of rotatable bonds is 4. The van der Waals surface area contributed by atoms with Gasteiger partial charge < -0.3 is 4.57 Å². The van der Waals surface area contributed by atoms with Crippen LogP contribution in [0.4, 0.5) is 0 Å². The molecule has 2 heterocycles. The fraction of sp³-hybridized carbons (Fsp3) is 0.182. The number of aryl methyl sites for hydroxylation is 1. The summed E-state index contributed by atoms with van der Waals surface area (Å²) >= 11 is 6.72. The zero-order valence-electron chi connectivity index (χ0n) is 15.3. The Morgan fingerprint density at radius 1 is 1.15 bits per heavy atom. The largest absolute Gasteiger partial charge is 0.342 e. The van der Waals surface area contributed by atoms with Crippen LogP contribution in [-0.4, -0.2) is 26.2 Å². The Morgan fingerprint density at radius 2 is 1.96 bits per heavy atom. The number of para-hydroxylation sites is 1. The molecule has 5 heteroatoms. The number of benzene rings is 2. The van der Waals surface area contributed by atoms with Crippen LogP contribution < -0.4 is 0 Å². The van der Waals surface area contributed by atoms with Gasteiger partial charge in [0.25, 0.3) is 5.91 Å². The first kappa shape index (κ1) is 18.0. The van der Waals surface area contributed by atoms with Gasteiger partial charge in [0.05, 0.1) is 4.91 Å². The molecule has 1 aromatic heterocycles. The summed E-state index contributed by atoms with van der Waals surface area (Å²) in [6, 6.07) is 16.9. The van der Waals surface area contributed by atoms with E-state index in [1.54, 1.807) is 4.90 Å². The third-order valence-corrected chi connectivity index (χ3v) is 6.11. The predicted octanol–water partition coefficient (Wildman–Crippen LogP) is 5.22. The zero-order valence-corrected chi connectivity index (χ0v) is 16.9. The number of nitrogens with zero attached hydrogens (tertiary/aromatic N) is 2. The highest BCUT2D eigenvalue weighted by Gasteiger charge is 2.30. The smallest absolute Gasteiger partial charge is 0.266 e. The van der Waals surface area contributed by atoms with Crippen molar-refractivity contribution in [3.63, 3.8) is 0 Å². The summed E-state index contributed by atoms with van der Waals surface area (Å²) in [7, 11) is 0. The number of likely N-dealkylation sites (N-methyl/N-ethyl adjacent to an activating group) is 1. The number of amides is 1. The van der Waals surface area contributed by atoms with Crippen molar-refractivity contribution in [2.24, 2.45) is 0 Å². The quantitative estimate of drug-likeness (QED) is 0.450. The Labute approximate surface area is 168 Å². The minimum absolute atomic E-state index is 0.00279. The SMILES string of the molecule is CCN1C(=O)/C(=C/c2cn(Cc3cccc(C)c3)c3ccccc23)SC1=S. The molecule has 1 aliphatic heterocycles. The highest BCUT2D eigenvalue weighted by Crippen LogP contribution is 2.34. The van der Waals surface area contributed by atoms with Crippen molar-refractivity contribution in [1.82, 2.24) is 9.47 Å². The molecule has 0 spiro atoms. The summed E-state index contributed by atoms with van der Waals surface area (Å²) in [5.74, 6) is 0.00279. The lowest BCUT2D eigenvalue weighted by molar-refractivity contribution is -0.121. The van der Waals surface area contributed by atoms with E-state index in [9.17, 15) is 4.79 Å². The van der Waals surface area contributed by atoms with Gasteiger partial charge in [0, 0.05) is 35.8 Å². The van der Waals surface area contributed by atoms with Crippen molar-refractivity contribution in [3.8, 4) is 0 Å². The number of thiocarbonyl (C=S) groups is 1. The van der Waals surface area contributed by atoms with Crippen LogP contribution in [0.2, 0.25) is 0 Å². The maximum Gasteiger partial charge on any atom is 0.266 e. The van der Waals surface area contributed by atoms with Crippen LogP contribution in [0, 0.1) is 6.92 Å². The average molecular weight is 393 g/mol. The topological polar surface area (TPSA) is 25.2 Å². The van der Waals surface area contributed by atoms with E-state index < -0.39 is 0 Å². The van der Waals surface area contributed by atoms with Crippen LogP contribution >= 0.6 is 24.0 Å². The van der Waals surface area contributed by atoms with Crippen LogP contribution in [0.5, 0.6) is 0 Å². The lowest BCUT2D eigenvalue weighted by Gasteiger charge is -2.09. The second-order valence-electron chi connectivity index (χ2n) is 6.64. The number of fused-ring (bicyclic) bond motifs is 1. The second kappa shape index (κ2) is 7.33. The predicted molar refractivity (Wildman–Crippen MR) is 118 cm³/mol. The van der Waals surface area contributed by atoms with Crippen LogP contribution in [0.3, 0.4) is 0 Å². The van der Waals surface area contributed by atoms with E-state index >= 15 is 0 Å². The van der Waals surface area contributed by atoms with Crippen LogP contribution in [0.1, 0.15) is 23.6 Å². The zero-order chi connectivity index (χ0) is 19.0. The van der Waals surface area contributed by atoms with Crippen molar-refractivity contribution in [1.29, 1.82) is 0 Å². The van der Waals surface area contributed by atoms with E-state index in [0.717, 1.165) is 23.0 Å². The van der Waals surface area contributed by atoms with Gasteiger partial charge in [-0.15, -0.1) is 0 Å². The number of thioether (sulfide) groups is 1. The molecule has 27 heavy (non-hydrogen) atoms. The first-order chi connectivity index (χ1) is 13.1. The van der Waals surface area contributed by atoms with Crippen LogP contribution in [-0.2, 0) is 11.3 Å². The van der Waals surface area contributed by atoms with E-state index in [0.29, 0.717) is 15.8 Å². The standard InChI is InChI=1S/C22H20N2OS2/c1-3-24-21(25)20(27-22(24)26)12-17-14-23(19-10-5-4-9-18(17)19)13-16-8-6-7-15(2)11-16/h4-12,14H,3,13H2,1-2H3/b20-12-. The van der Waals surface area contributed by atoms with Crippen molar-refractivity contribution < 1.29 is 4.79 Å². The van der Waals surface area contributed by atoms with Gasteiger partial charge in [-0.3, -0.25) is 9.69 Å². The van der Waals surface area contributed by atoms with Gasteiger partial charge in [0.15, 0.2) is 0 Å². The molecule has 3 aromatic rings. The van der Waals surface area contributed by atoms with E-state index in [-0.39, 0.29) is 5.91 Å². The molecule has 0 radical (unpaired) electrons. The highest BCUT2D eigenvalue weighted by molar-refractivity contribution is 8.26. The summed E-state index contributed by atoms with van der Waals surface area (Å²) in [5.41, 5.74) is 4.73. The van der Waals surface area contributed by atoms with E-state index in [2.05, 4.69) is 60.2 Å². The molecule has 0 N–H and O–H groups in total. The second-order valence-corrected chi connectivity index (χ2v) is 8.32. The summed E-state index contributed by atoms with van der Waals surface area (Å²) in [5, 5.41) is 1.15. The molecule has 0 unspecified atom stereocenters. The van der Waals surface area contributed by atoms with E-state index in [1.165, 1.54) is 22.9 Å². The van der Waals surface area contributed by atoms with Crippen molar-refractivity contribution >= 4 is 51.2 Å². The number of hydrogen-bond donors (Lipinski definition) is 0. The minimum Gasteiger partial charge on any atom is -0.342 e. The van der Waals surface area contributed by atoms with Gasteiger partial charge in [-0.1, -0.05) is 72.0 Å². The summed E-state index contributed by atoms with van der Waals surface area (Å²) < 4.78 is 2.88. The Hall–Kier alpha value is -2.37. The van der Waals surface area contributed by atoms with Gasteiger partial charge in [-0.25, -0.2) is 0 Å². The first-order valence-corrected chi connectivity index (χ1v) is 10.2. The fourth-order valence-corrected chi connectivity index (χ4v) is 4.82. The van der Waals surface area contributed by atoms with Crippen molar-refractivity contribution in [2.75, 3.05) is 6.54 Å². The average Bonchev–Trinajstić information content (AvgIpc) is 3.13. The van der Waals surface area contributed by atoms with E-state index in [4.69, 9.17) is 12.2 Å². The molecule has 1 saturated heterocycles.